The first-order chi connectivity index (χ1) is 22.5. The lowest BCUT2D eigenvalue weighted by molar-refractivity contribution is 0.0973. The molecule has 0 fully saturated rings. The third-order valence-electron chi connectivity index (χ3n) is 10.4. The van der Waals surface area contributed by atoms with E-state index in [1.807, 2.05) is 24.3 Å². The van der Waals surface area contributed by atoms with Crippen LogP contribution >= 0.6 is 0 Å². The highest BCUT2D eigenvalue weighted by atomic mass is 16.2. The quantitative estimate of drug-likeness (QED) is 0.200. The van der Waals surface area contributed by atoms with Crippen molar-refractivity contribution >= 4 is 45.4 Å². The van der Waals surface area contributed by atoms with Gasteiger partial charge in [-0.1, -0.05) is 105 Å². The van der Waals surface area contributed by atoms with Gasteiger partial charge in [-0.05, 0) is 59.2 Å². The summed E-state index contributed by atoms with van der Waals surface area (Å²) in [6.07, 6.45) is 8.90. The largest absolute Gasteiger partial charge is 0.332 e. The Kier molecular flexibility index (Phi) is 4.99. The molecule has 0 amide bonds. The van der Waals surface area contributed by atoms with Gasteiger partial charge in [0.25, 0.3) is 5.91 Å². The van der Waals surface area contributed by atoms with Crippen molar-refractivity contribution in [3.05, 3.63) is 156 Å². The number of imidazole rings is 1. The molecule has 0 saturated heterocycles. The smallest absolute Gasteiger partial charge is 0.264 e. The van der Waals surface area contributed by atoms with Gasteiger partial charge in [-0.15, -0.1) is 0 Å². The topological polar surface area (TPSA) is 41.4 Å². The van der Waals surface area contributed by atoms with Crippen LogP contribution in [0.25, 0.3) is 22.4 Å². The molecule has 3 aliphatic heterocycles. The van der Waals surface area contributed by atoms with Crippen molar-refractivity contribution in [1.29, 1.82) is 0 Å². The summed E-state index contributed by atoms with van der Waals surface area (Å²) in [7, 11) is 0. The molecule has 5 heteroatoms. The Hall–Kier alpha value is -5.68. The highest BCUT2D eigenvalue weighted by Gasteiger charge is 2.43. The maximum absolute atomic E-state index is 14.3. The van der Waals surface area contributed by atoms with E-state index < -0.39 is 0 Å². The van der Waals surface area contributed by atoms with E-state index in [-0.39, 0.29) is 23.3 Å². The van der Waals surface area contributed by atoms with Crippen LogP contribution in [0.15, 0.2) is 133 Å². The van der Waals surface area contributed by atoms with Crippen LogP contribution in [-0.2, 0) is 5.41 Å². The second kappa shape index (κ2) is 8.95. The Bertz CT molecular complexity index is 2310. The number of anilines is 5. The zero-order valence-electron chi connectivity index (χ0n) is 25.6. The standard InChI is InChI=1S/C41H30N4O/c1-41(2)29-15-5-10-20-34(29)44(35-21-11-6-16-30(35)41)37-23-27-28(40(46)45-36-22-12-7-17-31(36)42-39(27)45)24-38(37)43-32-18-8-3-13-25(32)26-14-4-9-19-33(26)43/h3-25,32H,1-2H3. The lowest BCUT2D eigenvalue weighted by Crippen LogP contribution is -2.33. The monoisotopic (exact) mass is 594 g/mol. The van der Waals surface area contributed by atoms with E-state index in [1.165, 1.54) is 22.4 Å². The number of allylic oxidation sites excluding steroid dienone is 2. The van der Waals surface area contributed by atoms with Crippen molar-refractivity contribution in [2.75, 3.05) is 9.80 Å². The SMILES string of the molecule is CC1(C)c2ccccc2N(c2cc3c(cc2N2c4ccccc4C4C=CC=CC42)C(=O)n2c-3nc3ccccc32)c2ccccc21. The number of hydrogen-bond donors (Lipinski definition) is 0. The molecular weight excluding hydrogens is 564 g/mol. The van der Waals surface area contributed by atoms with E-state index in [4.69, 9.17) is 4.98 Å². The Morgan fingerprint density at radius 1 is 0.652 bits per heavy atom. The van der Waals surface area contributed by atoms with Gasteiger partial charge in [-0.3, -0.25) is 9.36 Å². The van der Waals surface area contributed by atoms with Gasteiger partial charge < -0.3 is 9.80 Å². The normalized spacial score (nSPS) is 19.5. The van der Waals surface area contributed by atoms with Gasteiger partial charge in [-0.25, -0.2) is 4.98 Å². The number of nitrogens with zero attached hydrogens (tertiary/aromatic N) is 4. The Morgan fingerprint density at radius 2 is 1.28 bits per heavy atom. The zero-order valence-corrected chi connectivity index (χ0v) is 25.6. The van der Waals surface area contributed by atoms with Crippen LogP contribution in [0.1, 0.15) is 46.8 Å². The van der Waals surface area contributed by atoms with Crippen LogP contribution in [-0.4, -0.2) is 21.5 Å². The number of aromatic nitrogens is 2. The van der Waals surface area contributed by atoms with E-state index in [0.717, 1.165) is 39.3 Å². The molecule has 0 bridgehead atoms. The summed E-state index contributed by atoms with van der Waals surface area (Å²) in [6.45, 7) is 4.63. The van der Waals surface area contributed by atoms with Crippen molar-refractivity contribution in [2.45, 2.75) is 31.2 Å². The van der Waals surface area contributed by atoms with E-state index in [1.54, 1.807) is 4.57 Å². The van der Waals surface area contributed by atoms with Crippen molar-refractivity contribution in [1.82, 2.24) is 9.55 Å². The molecule has 0 spiro atoms. The summed E-state index contributed by atoms with van der Waals surface area (Å²) in [5, 5.41) is 0. The predicted molar refractivity (Wildman–Crippen MR) is 185 cm³/mol. The maximum atomic E-state index is 14.3. The molecule has 4 aliphatic rings. The van der Waals surface area contributed by atoms with Crippen LogP contribution in [0.2, 0.25) is 0 Å². The molecule has 4 heterocycles. The van der Waals surface area contributed by atoms with Gasteiger partial charge in [0.2, 0.25) is 0 Å². The molecule has 220 valence electrons. The van der Waals surface area contributed by atoms with Gasteiger partial charge >= 0.3 is 0 Å². The Balaban J connectivity index is 1.31. The minimum Gasteiger partial charge on any atom is -0.332 e. The minimum absolute atomic E-state index is 0.0322. The van der Waals surface area contributed by atoms with E-state index >= 15 is 0 Å². The minimum atomic E-state index is -0.188. The van der Waals surface area contributed by atoms with Gasteiger partial charge in [0.15, 0.2) is 0 Å². The molecule has 10 rings (SSSR count). The van der Waals surface area contributed by atoms with Gasteiger partial charge in [0.05, 0.1) is 45.4 Å². The molecule has 1 aliphatic carbocycles. The summed E-state index contributed by atoms with van der Waals surface area (Å²) in [5.74, 6) is 0.889. The fourth-order valence-electron chi connectivity index (χ4n) is 8.34. The molecule has 1 aromatic heterocycles. The lowest BCUT2D eigenvalue weighted by Gasteiger charge is -2.43. The summed E-state index contributed by atoms with van der Waals surface area (Å²) in [6, 6.07) is 38.5. The molecule has 46 heavy (non-hydrogen) atoms. The van der Waals surface area contributed by atoms with Crippen LogP contribution in [0, 0.1) is 0 Å². The third-order valence-corrected chi connectivity index (χ3v) is 10.4. The number of rotatable bonds is 2. The van der Waals surface area contributed by atoms with E-state index in [0.29, 0.717) is 11.4 Å². The first-order valence-electron chi connectivity index (χ1n) is 16.0. The highest BCUT2D eigenvalue weighted by Crippen LogP contribution is 2.57. The number of carbonyl (C=O) groups excluding carboxylic acids is 1. The van der Waals surface area contributed by atoms with Crippen molar-refractivity contribution < 1.29 is 4.79 Å². The number of fused-ring (bicyclic) bond motifs is 10. The van der Waals surface area contributed by atoms with Crippen LogP contribution in [0.4, 0.5) is 28.4 Å². The van der Waals surface area contributed by atoms with Gasteiger partial charge in [-0.2, -0.15) is 0 Å². The molecule has 5 nitrogen and oxygen atoms in total. The number of carbonyl (C=O) groups is 1. The Labute approximate surface area is 267 Å². The lowest BCUT2D eigenvalue weighted by atomic mass is 9.73. The average Bonchev–Trinajstić information content (AvgIpc) is 3.72. The fraction of sp³-hybridized carbons (Fsp3) is 0.122. The van der Waals surface area contributed by atoms with Gasteiger partial charge in [0, 0.05) is 22.6 Å². The fourth-order valence-corrected chi connectivity index (χ4v) is 8.34. The second-order valence-electron chi connectivity index (χ2n) is 13.2. The molecule has 0 saturated carbocycles. The highest BCUT2D eigenvalue weighted by molar-refractivity contribution is 6.15. The molecular formula is C41H30N4O. The van der Waals surface area contributed by atoms with Gasteiger partial charge in [0.1, 0.15) is 5.82 Å². The van der Waals surface area contributed by atoms with Crippen molar-refractivity contribution in [2.24, 2.45) is 0 Å². The molecule has 0 N–H and O–H groups in total. The van der Waals surface area contributed by atoms with Crippen molar-refractivity contribution in [3.8, 4) is 11.4 Å². The molecule has 2 unspecified atom stereocenters. The summed E-state index contributed by atoms with van der Waals surface area (Å²) < 4.78 is 1.79. The number of hydrogen-bond acceptors (Lipinski definition) is 4. The van der Waals surface area contributed by atoms with E-state index in [9.17, 15) is 4.79 Å². The second-order valence-corrected chi connectivity index (χ2v) is 13.2. The van der Waals surface area contributed by atoms with Crippen molar-refractivity contribution in [3.63, 3.8) is 0 Å². The third kappa shape index (κ3) is 3.19. The maximum Gasteiger partial charge on any atom is 0.264 e. The number of benzene rings is 5. The molecule has 0 radical (unpaired) electrons. The summed E-state index contributed by atoms with van der Waals surface area (Å²) in [4.78, 5) is 24.2. The predicted octanol–water partition coefficient (Wildman–Crippen LogP) is 9.54. The first-order valence-corrected chi connectivity index (χ1v) is 16.0. The molecule has 2 atom stereocenters. The van der Waals surface area contributed by atoms with Crippen LogP contribution in [0.3, 0.4) is 0 Å². The molecule has 6 aromatic rings. The van der Waals surface area contributed by atoms with E-state index in [2.05, 4.69) is 133 Å². The molecule has 5 aromatic carbocycles. The summed E-state index contributed by atoms with van der Waals surface area (Å²) >= 11 is 0. The summed E-state index contributed by atoms with van der Waals surface area (Å²) in [5.41, 5.74) is 12.4. The first kappa shape index (κ1) is 25.6. The zero-order chi connectivity index (χ0) is 30.7. The number of para-hydroxylation sites is 5. The van der Waals surface area contributed by atoms with Crippen LogP contribution in [0.5, 0.6) is 0 Å². The average molecular weight is 595 g/mol. The Morgan fingerprint density at radius 3 is 2.07 bits per heavy atom. The van der Waals surface area contributed by atoms with Crippen LogP contribution < -0.4 is 9.80 Å².